The number of aliphatic hydroxyl groups excluding tert-OH is 3. The van der Waals surface area contributed by atoms with Crippen LogP contribution in [0.2, 0.25) is 0 Å². The van der Waals surface area contributed by atoms with E-state index in [-0.39, 0.29) is 31.6 Å². The number of carbonyl (C=O) groups is 2. The second kappa shape index (κ2) is 15.0. The van der Waals surface area contributed by atoms with Crippen molar-refractivity contribution in [3.63, 3.8) is 0 Å². The van der Waals surface area contributed by atoms with Crippen LogP contribution in [0, 0.1) is 5.92 Å². The minimum absolute atomic E-state index is 0.00315. The van der Waals surface area contributed by atoms with E-state index in [1.54, 1.807) is 23.1 Å². The number of methoxy groups -OCH3 is 1. The summed E-state index contributed by atoms with van der Waals surface area (Å²) in [6.45, 7) is 2.36. The summed E-state index contributed by atoms with van der Waals surface area (Å²) in [5.74, 6) is 0.211. The molecule has 0 saturated heterocycles. The molecule has 228 valence electrons. The van der Waals surface area contributed by atoms with Gasteiger partial charge in [-0.25, -0.2) is 0 Å². The Labute approximate surface area is 243 Å². The molecule has 4 rings (SSSR count). The molecule has 1 saturated carbocycles. The topological polar surface area (TPSA) is 129 Å². The Morgan fingerprint density at radius 1 is 1.10 bits per heavy atom. The van der Waals surface area contributed by atoms with Gasteiger partial charge in [0.2, 0.25) is 11.8 Å². The molecule has 4 atom stereocenters. The van der Waals surface area contributed by atoms with Crippen LogP contribution in [0.15, 0.2) is 23.8 Å². The lowest BCUT2D eigenvalue weighted by Gasteiger charge is -2.42. The van der Waals surface area contributed by atoms with Crippen LogP contribution >= 0.6 is 0 Å². The highest BCUT2D eigenvalue weighted by Crippen LogP contribution is 2.51. The highest BCUT2D eigenvalue weighted by atomic mass is 16.5. The Morgan fingerprint density at radius 3 is 2.54 bits per heavy atom. The molecule has 0 aromatic heterocycles. The normalized spacial score (nSPS) is 23.7. The Kier molecular flexibility index (Phi) is 11.5. The van der Waals surface area contributed by atoms with Gasteiger partial charge in [-0.1, -0.05) is 51.9 Å². The van der Waals surface area contributed by atoms with Gasteiger partial charge in [-0.2, -0.15) is 0 Å². The summed E-state index contributed by atoms with van der Waals surface area (Å²) in [6, 6.07) is 2.74. The molecule has 9 nitrogen and oxygen atoms in total. The lowest BCUT2D eigenvalue weighted by atomic mass is 9.76. The molecule has 4 N–H and O–H groups in total. The Hall–Kier alpha value is -2.62. The van der Waals surface area contributed by atoms with Gasteiger partial charge < -0.3 is 35.0 Å². The van der Waals surface area contributed by atoms with Gasteiger partial charge in [0.1, 0.15) is 12.2 Å². The van der Waals surface area contributed by atoms with E-state index in [2.05, 4.69) is 12.2 Å². The number of aliphatic hydroxyl groups is 3. The number of fused-ring (bicyclic) bond motifs is 3. The van der Waals surface area contributed by atoms with E-state index in [1.165, 1.54) is 13.5 Å². The first-order valence-electron chi connectivity index (χ1n) is 15.5. The molecule has 3 aliphatic rings. The summed E-state index contributed by atoms with van der Waals surface area (Å²) >= 11 is 0. The maximum atomic E-state index is 13.8. The third kappa shape index (κ3) is 7.24. The van der Waals surface area contributed by atoms with Gasteiger partial charge in [-0.3, -0.25) is 9.59 Å². The number of unbranched alkanes of at least 4 members (excludes halogenated alkanes) is 4. The zero-order chi connectivity index (χ0) is 29.4. The third-order valence-electron chi connectivity index (χ3n) is 8.85. The zero-order valence-corrected chi connectivity index (χ0v) is 24.6. The van der Waals surface area contributed by atoms with Crippen molar-refractivity contribution in [2.24, 2.45) is 5.92 Å². The molecule has 2 amide bonds. The van der Waals surface area contributed by atoms with Crippen molar-refractivity contribution in [1.82, 2.24) is 10.2 Å². The van der Waals surface area contributed by atoms with Crippen LogP contribution in [0.3, 0.4) is 0 Å². The summed E-state index contributed by atoms with van der Waals surface area (Å²) < 4.78 is 11.9. The number of nitrogens with one attached hydrogen (secondary N) is 1. The molecule has 1 fully saturated rings. The highest BCUT2D eigenvalue weighted by Gasteiger charge is 2.51. The van der Waals surface area contributed by atoms with Crippen molar-refractivity contribution in [2.45, 2.75) is 108 Å². The summed E-state index contributed by atoms with van der Waals surface area (Å²) in [4.78, 5) is 29.1. The summed E-state index contributed by atoms with van der Waals surface area (Å²) in [6.07, 6.45) is 11.0. The van der Waals surface area contributed by atoms with Crippen LogP contribution in [0.4, 0.5) is 0 Å². The molecule has 41 heavy (non-hydrogen) atoms. The van der Waals surface area contributed by atoms with Crippen LogP contribution in [0.1, 0.15) is 94.6 Å². The zero-order valence-electron chi connectivity index (χ0n) is 24.6. The molecule has 0 radical (unpaired) electrons. The van der Waals surface area contributed by atoms with E-state index in [4.69, 9.17) is 9.47 Å². The second-order valence-corrected chi connectivity index (χ2v) is 11.7. The van der Waals surface area contributed by atoms with Crippen LogP contribution < -0.4 is 14.8 Å². The first-order chi connectivity index (χ1) is 19.9. The van der Waals surface area contributed by atoms with Crippen molar-refractivity contribution in [2.75, 3.05) is 26.8 Å². The van der Waals surface area contributed by atoms with Gasteiger partial charge in [0.15, 0.2) is 11.5 Å². The molecule has 1 aromatic rings. The number of hydrogen-bond acceptors (Lipinski definition) is 7. The van der Waals surface area contributed by atoms with Crippen molar-refractivity contribution < 1.29 is 34.4 Å². The maximum Gasteiger partial charge on any atom is 0.247 e. The van der Waals surface area contributed by atoms with Crippen molar-refractivity contribution in [3.8, 4) is 11.5 Å². The highest BCUT2D eigenvalue weighted by molar-refractivity contribution is 5.96. The molecule has 2 aliphatic carbocycles. The summed E-state index contributed by atoms with van der Waals surface area (Å²) in [5, 5.41) is 33.8. The van der Waals surface area contributed by atoms with Crippen molar-refractivity contribution in [1.29, 1.82) is 0 Å². The molecule has 9 heteroatoms. The number of benzene rings is 1. The summed E-state index contributed by atoms with van der Waals surface area (Å²) in [5.41, 5.74) is 1.65. The molecule has 0 spiro atoms. The smallest absolute Gasteiger partial charge is 0.247 e. The average molecular weight is 573 g/mol. The largest absolute Gasteiger partial charge is 0.493 e. The minimum Gasteiger partial charge on any atom is -0.493 e. The fourth-order valence-electron chi connectivity index (χ4n) is 6.68. The lowest BCUT2D eigenvalue weighted by molar-refractivity contribution is -0.138. The fraction of sp³-hybridized carbons (Fsp3) is 0.688. The SMILES string of the molecule is CCCCCCCC(=O)N(CC1CCCCC1)C1C=C(C(=O)NCCO)C2c3cc(CO)cc(OC)c3OC2C1O. The second-order valence-electron chi connectivity index (χ2n) is 11.7. The molecular weight excluding hydrogens is 524 g/mol. The van der Waals surface area contributed by atoms with Crippen LogP contribution in [-0.2, 0) is 16.2 Å². The number of hydrogen-bond donors (Lipinski definition) is 4. The van der Waals surface area contributed by atoms with Gasteiger partial charge in [-0.05, 0) is 49.0 Å². The molecule has 1 aliphatic heterocycles. The number of ether oxygens (including phenoxy) is 2. The maximum absolute atomic E-state index is 13.8. The standard InChI is InChI=1S/C32H48N2O7/c1-3-4-5-6-10-13-27(37)34(19-21-11-8-7-9-12-21)25-18-24(32(39)33-14-15-35)28-23-16-22(20-36)17-26(40-2)30(23)41-31(28)29(25)38/h16-18,21,25,28-29,31,35-36,38H,3-15,19-20H2,1-2H3,(H,33,39). The Bertz CT molecular complexity index is 1070. The van der Waals surface area contributed by atoms with E-state index in [9.17, 15) is 24.9 Å². The van der Waals surface area contributed by atoms with Gasteiger partial charge in [0.25, 0.3) is 0 Å². The van der Waals surface area contributed by atoms with Gasteiger partial charge >= 0.3 is 0 Å². The van der Waals surface area contributed by atoms with E-state index in [0.717, 1.165) is 57.8 Å². The van der Waals surface area contributed by atoms with Crippen LogP contribution in [0.5, 0.6) is 11.5 Å². The van der Waals surface area contributed by atoms with E-state index < -0.39 is 24.2 Å². The van der Waals surface area contributed by atoms with E-state index in [0.29, 0.717) is 47.1 Å². The van der Waals surface area contributed by atoms with Gasteiger partial charge in [0, 0.05) is 30.6 Å². The monoisotopic (exact) mass is 572 g/mol. The number of nitrogens with zero attached hydrogens (tertiary/aromatic N) is 1. The summed E-state index contributed by atoms with van der Waals surface area (Å²) in [7, 11) is 1.51. The third-order valence-corrected chi connectivity index (χ3v) is 8.85. The molecule has 4 unspecified atom stereocenters. The minimum atomic E-state index is -1.07. The predicted octanol–water partition coefficient (Wildman–Crippen LogP) is 3.58. The van der Waals surface area contributed by atoms with E-state index in [1.807, 2.05) is 0 Å². The van der Waals surface area contributed by atoms with Crippen molar-refractivity contribution >= 4 is 11.8 Å². The first kappa shape index (κ1) is 31.3. The predicted molar refractivity (Wildman–Crippen MR) is 156 cm³/mol. The quantitative estimate of drug-likeness (QED) is 0.251. The fourth-order valence-corrected chi connectivity index (χ4v) is 6.68. The number of carbonyl (C=O) groups excluding carboxylic acids is 2. The molecule has 1 aromatic carbocycles. The molecular formula is C32H48N2O7. The van der Waals surface area contributed by atoms with Crippen LogP contribution in [0.25, 0.3) is 0 Å². The van der Waals surface area contributed by atoms with Gasteiger partial charge in [-0.15, -0.1) is 0 Å². The molecule has 1 heterocycles. The number of amides is 2. The lowest BCUT2D eigenvalue weighted by Crippen LogP contribution is -2.56. The molecule has 0 bridgehead atoms. The van der Waals surface area contributed by atoms with Crippen LogP contribution in [-0.4, -0.2) is 77.1 Å². The average Bonchev–Trinajstić information content (AvgIpc) is 3.39. The van der Waals surface area contributed by atoms with Crippen molar-refractivity contribution in [3.05, 3.63) is 34.9 Å². The number of rotatable bonds is 14. The Morgan fingerprint density at radius 2 is 1.85 bits per heavy atom. The Balaban J connectivity index is 1.70. The van der Waals surface area contributed by atoms with Gasteiger partial charge in [0.05, 0.1) is 32.3 Å². The first-order valence-corrected chi connectivity index (χ1v) is 15.5. The van der Waals surface area contributed by atoms with E-state index >= 15 is 0 Å².